The first-order valence-electron chi connectivity index (χ1n) is 7.09. The zero-order valence-electron chi connectivity index (χ0n) is 11.9. The van der Waals surface area contributed by atoms with Crippen LogP contribution in [0.3, 0.4) is 0 Å². The Morgan fingerprint density at radius 3 is 2.61 bits per heavy atom. The van der Waals surface area contributed by atoms with Crippen LogP contribution in [0.4, 0.5) is 0 Å². The van der Waals surface area contributed by atoms with Crippen molar-refractivity contribution in [1.82, 2.24) is 9.80 Å². The molecule has 2 fully saturated rings. The topological polar surface area (TPSA) is 43.8 Å². The molecule has 0 aromatic rings. The van der Waals surface area contributed by atoms with Crippen LogP contribution in [0, 0.1) is 0 Å². The number of likely N-dealkylation sites (N-methyl/N-ethyl adjacent to an activating group) is 1. The molecule has 0 spiro atoms. The molecule has 1 unspecified atom stereocenters. The van der Waals surface area contributed by atoms with Gasteiger partial charge in [-0.25, -0.2) is 0 Å². The average molecular weight is 254 g/mol. The van der Waals surface area contributed by atoms with E-state index in [9.17, 15) is 4.79 Å². The molecule has 0 aromatic heterocycles. The Morgan fingerprint density at radius 2 is 2.06 bits per heavy atom. The molecular formula is C14H26N2O2. The monoisotopic (exact) mass is 254 g/mol. The molecule has 1 aliphatic heterocycles. The number of carbonyl (C=O) groups is 1. The van der Waals surface area contributed by atoms with Gasteiger partial charge in [0, 0.05) is 30.6 Å². The van der Waals surface area contributed by atoms with Crippen LogP contribution < -0.4 is 0 Å². The third-order valence-corrected chi connectivity index (χ3v) is 4.56. The third-order valence-electron chi connectivity index (χ3n) is 4.56. The molecule has 0 aromatic carbocycles. The number of carboxylic acid groups (broad SMARTS) is 1. The molecule has 1 saturated heterocycles. The molecular weight excluding hydrogens is 228 g/mol. The Kier molecular flexibility index (Phi) is 3.97. The highest BCUT2D eigenvalue weighted by molar-refractivity contribution is 5.66. The van der Waals surface area contributed by atoms with Crippen molar-refractivity contribution in [3.8, 4) is 0 Å². The molecule has 2 aliphatic rings. The smallest absolute Gasteiger partial charge is 0.303 e. The van der Waals surface area contributed by atoms with Crippen LogP contribution in [0.1, 0.15) is 46.0 Å². The molecule has 18 heavy (non-hydrogen) atoms. The Bertz CT molecular complexity index is 313. The first-order chi connectivity index (χ1) is 8.40. The van der Waals surface area contributed by atoms with Crippen LogP contribution in [0.15, 0.2) is 0 Å². The second-order valence-electron chi connectivity index (χ2n) is 6.51. The highest BCUT2D eigenvalue weighted by atomic mass is 16.4. The van der Waals surface area contributed by atoms with Crippen molar-refractivity contribution < 1.29 is 9.90 Å². The Balaban J connectivity index is 2.03. The standard InChI is InChI=1S/C14H26N2O2/c1-14(2)8-9-15(3)12(6-7-13(17)18)10-16(14)11-4-5-11/h11-12H,4-10H2,1-3H3,(H,17,18). The predicted octanol–water partition coefficient (Wildman–Crippen LogP) is 1.80. The van der Waals surface area contributed by atoms with E-state index in [1.807, 2.05) is 0 Å². The quantitative estimate of drug-likeness (QED) is 0.831. The third kappa shape index (κ3) is 3.23. The summed E-state index contributed by atoms with van der Waals surface area (Å²) in [5, 5.41) is 8.86. The maximum absolute atomic E-state index is 10.8. The van der Waals surface area contributed by atoms with Gasteiger partial charge in [0.2, 0.25) is 0 Å². The molecule has 1 aliphatic carbocycles. The second-order valence-corrected chi connectivity index (χ2v) is 6.51. The number of aliphatic carboxylic acids is 1. The molecule has 0 amide bonds. The van der Waals surface area contributed by atoms with E-state index in [4.69, 9.17) is 5.11 Å². The van der Waals surface area contributed by atoms with Crippen LogP contribution in [-0.2, 0) is 4.79 Å². The van der Waals surface area contributed by atoms with Crippen LogP contribution in [0.2, 0.25) is 0 Å². The normalized spacial score (nSPS) is 30.1. The zero-order chi connectivity index (χ0) is 13.3. The number of carboxylic acids is 1. The summed E-state index contributed by atoms with van der Waals surface area (Å²) < 4.78 is 0. The van der Waals surface area contributed by atoms with Crippen molar-refractivity contribution in [1.29, 1.82) is 0 Å². The van der Waals surface area contributed by atoms with Crippen LogP contribution in [0.5, 0.6) is 0 Å². The largest absolute Gasteiger partial charge is 0.481 e. The summed E-state index contributed by atoms with van der Waals surface area (Å²) in [7, 11) is 2.14. The maximum atomic E-state index is 10.8. The first-order valence-corrected chi connectivity index (χ1v) is 7.09. The van der Waals surface area contributed by atoms with E-state index in [1.54, 1.807) is 0 Å². The van der Waals surface area contributed by atoms with E-state index in [1.165, 1.54) is 19.3 Å². The summed E-state index contributed by atoms with van der Waals surface area (Å²) in [4.78, 5) is 15.7. The van der Waals surface area contributed by atoms with Crippen LogP contribution in [0.25, 0.3) is 0 Å². The molecule has 1 N–H and O–H groups in total. The van der Waals surface area contributed by atoms with Crippen molar-refractivity contribution in [2.45, 2.75) is 63.6 Å². The van der Waals surface area contributed by atoms with Crippen molar-refractivity contribution >= 4 is 5.97 Å². The number of hydrogen-bond acceptors (Lipinski definition) is 3. The van der Waals surface area contributed by atoms with Crippen LogP contribution >= 0.6 is 0 Å². The van der Waals surface area contributed by atoms with E-state index in [0.29, 0.717) is 6.04 Å². The molecule has 1 heterocycles. The van der Waals surface area contributed by atoms with Crippen molar-refractivity contribution in [3.05, 3.63) is 0 Å². The van der Waals surface area contributed by atoms with E-state index in [0.717, 1.165) is 25.6 Å². The molecule has 4 heteroatoms. The zero-order valence-corrected chi connectivity index (χ0v) is 11.9. The molecule has 0 bridgehead atoms. The van der Waals surface area contributed by atoms with Crippen molar-refractivity contribution in [2.24, 2.45) is 0 Å². The minimum absolute atomic E-state index is 0.257. The van der Waals surface area contributed by atoms with E-state index >= 15 is 0 Å². The highest BCUT2D eigenvalue weighted by Gasteiger charge is 2.41. The highest BCUT2D eigenvalue weighted by Crippen LogP contribution is 2.36. The minimum atomic E-state index is -0.676. The summed E-state index contributed by atoms with van der Waals surface area (Å²) in [6.45, 7) is 6.76. The lowest BCUT2D eigenvalue weighted by Crippen LogP contribution is -2.48. The van der Waals surface area contributed by atoms with E-state index < -0.39 is 5.97 Å². The summed E-state index contributed by atoms with van der Waals surface area (Å²) >= 11 is 0. The molecule has 104 valence electrons. The van der Waals surface area contributed by atoms with Gasteiger partial charge >= 0.3 is 5.97 Å². The van der Waals surface area contributed by atoms with Gasteiger partial charge in [0.1, 0.15) is 0 Å². The number of hydrogen-bond donors (Lipinski definition) is 1. The molecule has 2 rings (SSSR count). The first kappa shape index (κ1) is 13.8. The number of rotatable bonds is 4. The number of nitrogens with zero attached hydrogens (tertiary/aromatic N) is 2. The van der Waals surface area contributed by atoms with Gasteiger partial charge < -0.3 is 10.0 Å². The fourth-order valence-corrected chi connectivity index (χ4v) is 3.02. The van der Waals surface area contributed by atoms with Gasteiger partial charge in [-0.15, -0.1) is 0 Å². The summed E-state index contributed by atoms with van der Waals surface area (Å²) in [5.41, 5.74) is 0.257. The molecule has 4 nitrogen and oxygen atoms in total. The minimum Gasteiger partial charge on any atom is -0.481 e. The average Bonchev–Trinajstić information content (AvgIpc) is 3.08. The lowest BCUT2D eigenvalue weighted by Gasteiger charge is -2.38. The summed E-state index contributed by atoms with van der Waals surface area (Å²) in [6.07, 6.45) is 4.86. The predicted molar refractivity (Wildman–Crippen MR) is 71.7 cm³/mol. The Labute approximate surface area is 110 Å². The van der Waals surface area contributed by atoms with Crippen molar-refractivity contribution in [2.75, 3.05) is 20.1 Å². The van der Waals surface area contributed by atoms with Gasteiger partial charge in [0.25, 0.3) is 0 Å². The lowest BCUT2D eigenvalue weighted by molar-refractivity contribution is -0.137. The van der Waals surface area contributed by atoms with Gasteiger partial charge in [0.15, 0.2) is 0 Å². The van der Waals surface area contributed by atoms with Gasteiger partial charge in [-0.05, 0) is 53.1 Å². The van der Waals surface area contributed by atoms with Gasteiger partial charge in [-0.2, -0.15) is 0 Å². The fourth-order valence-electron chi connectivity index (χ4n) is 3.02. The molecule has 1 atom stereocenters. The maximum Gasteiger partial charge on any atom is 0.303 e. The lowest BCUT2D eigenvalue weighted by atomic mass is 9.98. The Hall–Kier alpha value is -0.610. The Morgan fingerprint density at radius 1 is 1.39 bits per heavy atom. The SMILES string of the molecule is CN1CCC(C)(C)N(C2CC2)CC1CCC(=O)O. The van der Waals surface area contributed by atoms with Crippen LogP contribution in [-0.4, -0.2) is 58.6 Å². The fraction of sp³-hybridized carbons (Fsp3) is 0.929. The van der Waals surface area contributed by atoms with Gasteiger partial charge in [-0.3, -0.25) is 9.69 Å². The van der Waals surface area contributed by atoms with Gasteiger partial charge in [-0.1, -0.05) is 0 Å². The molecule has 0 radical (unpaired) electrons. The second kappa shape index (κ2) is 5.17. The van der Waals surface area contributed by atoms with E-state index in [2.05, 4.69) is 30.7 Å². The molecule has 1 saturated carbocycles. The summed E-state index contributed by atoms with van der Waals surface area (Å²) in [6, 6.07) is 1.14. The van der Waals surface area contributed by atoms with Gasteiger partial charge in [0.05, 0.1) is 0 Å². The van der Waals surface area contributed by atoms with E-state index in [-0.39, 0.29) is 12.0 Å². The summed E-state index contributed by atoms with van der Waals surface area (Å²) in [5.74, 6) is -0.676. The van der Waals surface area contributed by atoms with Crippen molar-refractivity contribution in [3.63, 3.8) is 0 Å².